The fraction of sp³-hybridized carbons (Fsp3) is 0.259. The van der Waals surface area contributed by atoms with Crippen LogP contribution >= 0.6 is 23.2 Å². The molecule has 0 saturated carbocycles. The molecule has 0 spiro atoms. The van der Waals surface area contributed by atoms with E-state index in [2.05, 4.69) is 11.4 Å². The van der Waals surface area contributed by atoms with Gasteiger partial charge in [-0.2, -0.15) is 5.26 Å². The Morgan fingerprint density at radius 3 is 2.43 bits per heavy atom. The number of halogens is 2. The van der Waals surface area contributed by atoms with Gasteiger partial charge in [0.2, 0.25) is 5.91 Å². The van der Waals surface area contributed by atoms with E-state index in [1.807, 2.05) is 38.1 Å². The number of nitrogens with one attached hydrogen (secondary N) is 1. The molecule has 0 aromatic heterocycles. The molecule has 0 saturated heterocycles. The predicted octanol–water partition coefficient (Wildman–Crippen LogP) is 6.69. The molecule has 182 valence electrons. The Morgan fingerprint density at radius 1 is 0.943 bits per heavy atom. The van der Waals surface area contributed by atoms with Gasteiger partial charge in [0.1, 0.15) is 29.8 Å². The zero-order valence-corrected chi connectivity index (χ0v) is 21.0. The SMILES string of the molecule is CCOc1cccc(NC(=O)C(C#N)Cc2ccc(COc3ccc(Cl)c(Cl)c3)c(OCC)c2)c1. The molecule has 0 aliphatic carbocycles. The van der Waals surface area contributed by atoms with E-state index in [0.29, 0.717) is 46.2 Å². The van der Waals surface area contributed by atoms with E-state index in [4.69, 9.17) is 37.4 Å². The van der Waals surface area contributed by atoms with Gasteiger partial charge in [-0.3, -0.25) is 4.79 Å². The Bertz CT molecular complexity index is 1210. The summed E-state index contributed by atoms with van der Waals surface area (Å²) in [5, 5.41) is 13.3. The molecule has 0 fully saturated rings. The number of carbonyl (C=O) groups excluding carboxylic acids is 1. The van der Waals surface area contributed by atoms with Crippen molar-refractivity contribution in [1.82, 2.24) is 0 Å². The highest BCUT2D eigenvalue weighted by Crippen LogP contribution is 2.29. The number of rotatable bonds is 11. The molecule has 8 heteroatoms. The number of ether oxygens (including phenoxy) is 3. The summed E-state index contributed by atoms with van der Waals surface area (Å²) in [7, 11) is 0. The van der Waals surface area contributed by atoms with E-state index < -0.39 is 5.92 Å². The molecular weight excluding hydrogens is 487 g/mol. The van der Waals surface area contributed by atoms with Crippen LogP contribution in [0.2, 0.25) is 10.0 Å². The van der Waals surface area contributed by atoms with Crippen molar-refractivity contribution >= 4 is 34.8 Å². The third kappa shape index (κ3) is 7.54. The van der Waals surface area contributed by atoms with Crippen molar-refractivity contribution in [2.45, 2.75) is 26.9 Å². The number of nitriles is 1. The number of hydrogen-bond donors (Lipinski definition) is 1. The fourth-order valence-corrected chi connectivity index (χ4v) is 3.64. The van der Waals surface area contributed by atoms with Crippen LogP contribution in [0, 0.1) is 17.2 Å². The van der Waals surface area contributed by atoms with Crippen molar-refractivity contribution < 1.29 is 19.0 Å². The third-order valence-corrected chi connectivity index (χ3v) is 5.78. The normalized spacial score (nSPS) is 11.3. The molecule has 1 N–H and O–H groups in total. The van der Waals surface area contributed by atoms with E-state index in [9.17, 15) is 10.1 Å². The quantitative estimate of drug-likeness (QED) is 0.309. The molecule has 1 amide bonds. The van der Waals surface area contributed by atoms with Crippen LogP contribution in [0.15, 0.2) is 60.7 Å². The highest BCUT2D eigenvalue weighted by molar-refractivity contribution is 6.42. The maximum Gasteiger partial charge on any atom is 0.242 e. The summed E-state index contributed by atoms with van der Waals surface area (Å²) in [5.74, 6) is 0.607. The molecule has 0 bridgehead atoms. The maximum absolute atomic E-state index is 12.8. The van der Waals surface area contributed by atoms with Crippen LogP contribution in [0.4, 0.5) is 5.69 Å². The van der Waals surface area contributed by atoms with Gasteiger partial charge in [-0.1, -0.05) is 41.4 Å². The van der Waals surface area contributed by atoms with Gasteiger partial charge in [-0.05, 0) is 56.2 Å². The Labute approximate surface area is 215 Å². The van der Waals surface area contributed by atoms with Gasteiger partial charge in [0.15, 0.2) is 0 Å². The summed E-state index contributed by atoms with van der Waals surface area (Å²) >= 11 is 12.0. The van der Waals surface area contributed by atoms with Gasteiger partial charge in [-0.25, -0.2) is 0 Å². The summed E-state index contributed by atoms with van der Waals surface area (Å²) in [6.07, 6.45) is 0.238. The molecular formula is C27H26Cl2N2O4. The molecule has 0 radical (unpaired) electrons. The molecule has 1 unspecified atom stereocenters. The predicted molar refractivity (Wildman–Crippen MR) is 137 cm³/mol. The highest BCUT2D eigenvalue weighted by atomic mass is 35.5. The minimum absolute atomic E-state index is 0.238. The van der Waals surface area contributed by atoms with Crippen LogP contribution in [0.25, 0.3) is 0 Å². The molecule has 0 aliphatic heterocycles. The van der Waals surface area contributed by atoms with E-state index in [1.54, 1.807) is 36.4 Å². The second-order valence-electron chi connectivity index (χ2n) is 7.58. The first-order valence-corrected chi connectivity index (χ1v) is 11.9. The Hall–Kier alpha value is -3.40. The average Bonchev–Trinajstić information content (AvgIpc) is 2.84. The molecule has 3 aromatic rings. The first-order chi connectivity index (χ1) is 16.9. The largest absolute Gasteiger partial charge is 0.494 e. The summed E-state index contributed by atoms with van der Waals surface area (Å²) in [6.45, 7) is 5.01. The third-order valence-electron chi connectivity index (χ3n) is 5.04. The lowest BCUT2D eigenvalue weighted by Crippen LogP contribution is -2.23. The van der Waals surface area contributed by atoms with Crippen LogP contribution in [0.5, 0.6) is 17.2 Å². The summed E-state index contributed by atoms with van der Waals surface area (Å²) < 4.78 is 17.1. The van der Waals surface area contributed by atoms with E-state index in [0.717, 1.165) is 11.1 Å². The molecule has 1 atom stereocenters. The second-order valence-corrected chi connectivity index (χ2v) is 8.39. The van der Waals surface area contributed by atoms with Crippen molar-refractivity contribution in [3.63, 3.8) is 0 Å². The minimum Gasteiger partial charge on any atom is -0.494 e. The standard InChI is InChI=1S/C27H26Cl2N2O4/c1-3-33-22-7-5-6-21(14-22)31-27(32)20(16-30)12-18-8-9-19(26(13-18)34-4-2)17-35-23-10-11-24(28)25(29)15-23/h5-11,13-15,20H,3-4,12,17H2,1-2H3,(H,31,32). The summed E-state index contributed by atoms with van der Waals surface area (Å²) in [5.41, 5.74) is 2.20. The summed E-state index contributed by atoms with van der Waals surface area (Å²) in [6, 6.07) is 19.8. The number of benzene rings is 3. The van der Waals surface area contributed by atoms with Gasteiger partial charge in [0.05, 0.1) is 29.3 Å². The molecule has 35 heavy (non-hydrogen) atoms. The van der Waals surface area contributed by atoms with Gasteiger partial charge in [-0.15, -0.1) is 0 Å². The van der Waals surface area contributed by atoms with Crippen molar-refractivity contribution in [1.29, 1.82) is 5.26 Å². The number of anilines is 1. The van der Waals surface area contributed by atoms with E-state index in [1.165, 1.54) is 0 Å². The van der Waals surface area contributed by atoms with Crippen molar-refractivity contribution in [3.8, 4) is 23.3 Å². The first-order valence-electron chi connectivity index (χ1n) is 11.2. The van der Waals surface area contributed by atoms with Crippen LogP contribution in [0.3, 0.4) is 0 Å². The Kier molecular flexibility index (Phi) is 9.66. The number of carbonyl (C=O) groups is 1. The zero-order valence-electron chi connectivity index (χ0n) is 19.5. The molecule has 6 nitrogen and oxygen atoms in total. The number of amides is 1. The van der Waals surface area contributed by atoms with Crippen molar-refractivity contribution in [3.05, 3.63) is 81.8 Å². The van der Waals surface area contributed by atoms with Crippen LogP contribution < -0.4 is 19.5 Å². The van der Waals surface area contributed by atoms with Crippen LogP contribution in [0.1, 0.15) is 25.0 Å². The molecule has 3 aromatic carbocycles. The van der Waals surface area contributed by atoms with Crippen LogP contribution in [-0.4, -0.2) is 19.1 Å². The Balaban J connectivity index is 1.69. The second kappa shape index (κ2) is 12.9. The van der Waals surface area contributed by atoms with E-state index in [-0.39, 0.29) is 18.9 Å². The first kappa shape index (κ1) is 26.2. The van der Waals surface area contributed by atoms with Gasteiger partial charge in [0, 0.05) is 23.4 Å². The number of hydrogen-bond acceptors (Lipinski definition) is 5. The lowest BCUT2D eigenvalue weighted by Gasteiger charge is -2.15. The smallest absolute Gasteiger partial charge is 0.242 e. The molecule has 0 aliphatic rings. The summed E-state index contributed by atoms with van der Waals surface area (Å²) in [4.78, 5) is 12.8. The minimum atomic E-state index is -0.876. The topological polar surface area (TPSA) is 80.6 Å². The fourth-order valence-electron chi connectivity index (χ4n) is 3.36. The van der Waals surface area contributed by atoms with Crippen molar-refractivity contribution in [2.75, 3.05) is 18.5 Å². The molecule has 3 rings (SSSR count). The maximum atomic E-state index is 12.8. The lowest BCUT2D eigenvalue weighted by molar-refractivity contribution is -0.118. The highest BCUT2D eigenvalue weighted by Gasteiger charge is 2.20. The lowest BCUT2D eigenvalue weighted by atomic mass is 9.98. The monoisotopic (exact) mass is 512 g/mol. The molecule has 0 heterocycles. The average molecular weight is 513 g/mol. The van der Waals surface area contributed by atoms with Crippen LogP contribution in [-0.2, 0) is 17.8 Å². The van der Waals surface area contributed by atoms with Crippen molar-refractivity contribution in [2.24, 2.45) is 5.92 Å². The van der Waals surface area contributed by atoms with E-state index >= 15 is 0 Å². The van der Waals surface area contributed by atoms with Gasteiger partial charge >= 0.3 is 0 Å². The zero-order chi connectivity index (χ0) is 25.2. The van der Waals surface area contributed by atoms with Gasteiger partial charge < -0.3 is 19.5 Å². The number of nitrogens with zero attached hydrogens (tertiary/aromatic N) is 1. The van der Waals surface area contributed by atoms with Gasteiger partial charge in [0.25, 0.3) is 0 Å². The Morgan fingerprint density at radius 2 is 1.71 bits per heavy atom.